The first-order valence-corrected chi connectivity index (χ1v) is 20.9. The van der Waals surface area contributed by atoms with Crippen molar-refractivity contribution in [3.05, 3.63) is 0 Å². The molecule has 296 valence electrons. The smallest absolute Gasteiger partial charge is 0.180 e. The quantitative estimate of drug-likeness (QED) is 0.175. The second-order valence-electron chi connectivity index (χ2n) is 19.4. The maximum absolute atomic E-state index is 14.9. The van der Waals surface area contributed by atoms with Gasteiger partial charge in [-0.3, -0.25) is 9.79 Å². The minimum absolute atomic E-state index is 0.0179. The van der Waals surface area contributed by atoms with E-state index in [9.17, 15) is 35.4 Å². The Labute approximate surface area is 310 Å². The van der Waals surface area contributed by atoms with E-state index in [1.807, 2.05) is 6.92 Å². The minimum Gasteiger partial charge on any atom is -0.391 e. The molecule has 5 saturated carbocycles. The first-order chi connectivity index (χ1) is 24.5. The lowest BCUT2D eigenvalue weighted by Gasteiger charge is -2.65. The number of carbonyl (C=O) groups excluding carboxylic acids is 1. The first-order valence-electron chi connectivity index (χ1n) is 20.9. The van der Waals surface area contributed by atoms with E-state index in [2.05, 4.69) is 12.2 Å². The predicted octanol–water partition coefficient (Wildman–Crippen LogP) is 2.70. The number of carbonyl (C=O) groups is 1. The van der Waals surface area contributed by atoms with Gasteiger partial charge in [-0.25, -0.2) is 0 Å². The molecule has 0 amide bonds. The molecule has 11 heteroatoms. The average Bonchev–Trinajstić information content (AvgIpc) is 3.83. The molecule has 17 atom stereocenters. The van der Waals surface area contributed by atoms with Crippen LogP contribution in [0.4, 0.5) is 0 Å². The molecule has 0 radical (unpaired) electrons. The van der Waals surface area contributed by atoms with Crippen LogP contribution in [0.25, 0.3) is 0 Å². The summed E-state index contributed by atoms with van der Waals surface area (Å²) in [5, 5.41) is 74.0. The number of ketones is 1. The molecule has 7 fully saturated rings. The minimum atomic E-state index is -1.56. The number of nitrogens with two attached hydrogens (primary N) is 1. The monoisotopic (exact) mass is 732 g/mol. The Hall–Kier alpha value is -1.02. The molecule has 9 N–H and O–H groups in total. The van der Waals surface area contributed by atoms with Gasteiger partial charge >= 0.3 is 0 Å². The molecule has 2 heterocycles. The highest BCUT2D eigenvalue weighted by Gasteiger charge is 2.74. The number of nitrogens with one attached hydrogen (secondary N) is 1. The van der Waals surface area contributed by atoms with E-state index in [4.69, 9.17) is 15.5 Å². The van der Waals surface area contributed by atoms with E-state index < -0.39 is 70.3 Å². The van der Waals surface area contributed by atoms with Crippen LogP contribution in [0.2, 0.25) is 0 Å². The molecule has 2 saturated heterocycles. The summed E-state index contributed by atoms with van der Waals surface area (Å²) in [4.78, 5) is 19.7. The molecule has 0 bridgehead atoms. The Morgan fingerprint density at radius 2 is 1.81 bits per heavy atom. The van der Waals surface area contributed by atoms with Gasteiger partial charge < -0.3 is 46.4 Å². The van der Waals surface area contributed by atoms with Gasteiger partial charge in [0.15, 0.2) is 5.78 Å². The zero-order valence-corrected chi connectivity index (χ0v) is 32.1. The molecule has 2 aliphatic heterocycles. The number of piperidine rings is 1. The van der Waals surface area contributed by atoms with E-state index in [0.29, 0.717) is 62.2 Å². The SMILES string of the molecule is C[C@H]1[C@H]([C@@H](O)[C@](C)(O)[C@@H]2CC[C@]3(O)[C@@H]4C(=NC[C@H](C)O)C(=O)[C@H]5C[C@@H](O)[C@@H](O)C[C@]5(CCC5CCC(N)NC5)[C@@H]4CC[C@]23C)OC[C@H]1C1CCCC1. The zero-order valence-electron chi connectivity index (χ0n) is 32.1. The van der Waals surface area contributed by atoms with Crippen LogP contribution in [0.1, 0.15) is 118 Å². The van der Waals surface area contributed by atoms with Crippen LogP contribution in [0.3, 0.4) is 0 Å². The molecule has 5 aliphatic carbocycles. The molecule has 7 rings (SSSR count). The van der Waals surface area contributed by atoms with Crippen molar-refractivity contribution in [1.82, 2.24) is 5.32 Å². The molecule has 0 aromatic rings. The van der Waals surface area contributed by atoms with E-state index >= 15 is 0 Å². The predicted molar refractivity (Wildman–Crippen MR) is 197 cm³/mol. The summed E-state index contributed by atoms with van der Waals surface area (Å²) in [6, 6.07) is 0. The Balaban J connectivity index is 1.22. The van der Waals surface area contributed by atoms with Gasteiger partial charge in [-0.15, -0.1) is 0 Å². The standard InChI is InChI=1S/C41H69N3O8/c1-22(45)19-44-34-33-27(40(15-11-24-9-10-32(42)43-20-24)18-30(47)29(46)17-28(40)35(34)48)12-14-38(3)31(13-16-41(33,38)51)39(4,50)37(49)36-23(2)26(21-52-36)25-7-5-6-8-25/h22-33,36-37,43,45-47,49-51H,5-21,42H2,1-4H3/t22-,23+,24?,26+,27+,28+,29+,30-,31+,32?,33-,36+,37+,38+,39+,40+,41-/m0/s1. The molecule has 0 aromatic heterocycles. The molecular weight excluding hydrogens is 662 g/mol. The number of nitrogens with zero attached hydrogens (tertiary/aromatic N) is 1. The van der Waals surface area contributed by atoms with Crippen LogP contribution in [-0.4, -0.2) is 110 Å². The van der Waals surface area contributed by atoms with E-state index in [-0.39, 0.29) is 43.2 Å². The number of fused-ring (bicyclic) bond motifs is 5. The van der Waals surface area contributed by atoms with E-state index in [1.165, 1.54) is 25.7 Å². The topological polar surface area (TPSA) is 198 Å². The summed E-state index contributed by atoms with van der Waals surface area (Å²) in [6.45, 7) is 8.96. The van der Waals surface area contributed by atoms with E-state index in [0.717, 1.165) is 25.8 Å². The van der Waals surface area contributed by atoms with Crippen LogP contribution in [-0.2, 0) is 9.53 Å². The Kier molecular flexibility index (Phi) is 10.9. The third-order valence-electron chi connectivity index (χ3n) is 16.7. The van der Waals surface area contributed by atoms with Crippen molar-refractivity contribution >= 4 is 11.5 Å². The van der Waals surface area contributed by atoms with Gasteiger partial charge in [-0.2, -0.15) is 0 Å². The van der Waals surface area contributed by atoms with Crippen molar-refractivity contribution in [2.45, 2.75) is 165 Å². The number of ether oxygens (including phenoxy) is 1. The van der Waals surface area contributed by atoms with Crippen LogP contribution in [0, 0.1) is 58.2 Å². The maximum atomic E-state index is 14.9. The highest BCUT2D eigenvalue weighted by molar-refractivity contribution is 6.42. The fourth-order valence-electron chi connectivity index (χ4n) is 13.7. The van der Waals surface area contributed by atoms with Gasteiger partial charge in [0.25, 0.3) is 0 Å². The van der Waals surface area contributed by atoms with Crippen LogP contribution >= 0.6 is 0 Å². The van der Waals surface area contributed by atoms with Gasteiger partial charge in [-0.1, -0.05) is 39.5 Å². The van der Waals surface area contributed by atoms with Crippen molar-refractivity contribution in [3.63, 3.8) is 0 Å². The summed E-state index contributed by atoms with van der Waals surface area (Å²) < 4.78 is 6.32. The van der Waals surface area contributed by atoms with Gasteiger partial charge in [0.2, 0.25) is 0 Å². The Morgan fingerprint density at radius 1 is 1.08 bits per heavy atom. The third-order valence-corrected chi connectivity index (χ3v) is 16.7. The normalized spacial score (nSPS) is 50.0. The number of hydrogen-bond acceptors (Lipinski definition) is 11. The van der Waals surface area contributed by atoms with Crippen molar-refractivity contribution in [2.75, 3.05) is 19.7 Å². The number of rotatable bonds is 9. The van der Waals surface area contributed by atoms with Crippen LogP contribution < -0.4 is 11.1 Å². The third kappa shape index (κ3) is 6.28. The summed E-state index contributed by atoms with van der Waals surface area (Å²) in [5.41, 5.74) is 1.93. The van der Waals surface area contributed by atoms with Crippen molar-refractivity contribution in [3.8, 4) is 0 Å². The molecular formula is C41H69N3O8. The second kappa shape index (κ2) is 14.5. The van der Waals surface area contributed by atoms with Gasteiger partial charge in [-0.05, 0) is 126 Å². The van der Waals surface area contributed by atoms with Gasteiger partial charge in [0.1, 0.15) is 6.10 Å². The number of aliphatic hydroxyl groups is 6. The molecule has 2 unspecified atom stereocenters. The largest absolute Gasteiger partial charge is 0.391 e. The highest BCUT2D eigenvalue weighted by atomic mass is 16.5. The van der Waals surface area contributed by atoms with Crippen molar-refractivity contribution in [1.29, 1.82) is 0 Å². The average molecular weight is 732 g/mol. The lowest BCUT2D eigenvalue weighted by molar-refractivity contribution is -0.224. The lowest BCUT2D eigenvalue weighted by Crippen LogP contribution is -2.70. The van der Waals surface area contributed by atoms with Crippen LogP contribution in [0.15, 0.2) is 4.99 Å². The first kappa shape index (κ1) is 39.2. The Morgan fingerprint density at radius 3 is 2.48 bits per heavy atom. The summed E-state index contributed by atoms with van der Waals surface area (Å²) in [5.74, 6) is -0.647. The number of aliphatic imine (C=N–C) groups is 1. The molecule has 52 heavy (non-hydrogen) atoms. The van der Waals surface area contributed by atoms with Crippen LogP contribution in [0.5, 0.6) is 0 Å². The highest BCUT2D eigenvalue weighted by Crippen LogP contribution is 2.70. The number of aliphatic hydroxyl groups excluding tert-OH is 4. The van der Waals surface area contributed by atoms with Gasteiger partial charge in [0.05, 0.1) is 60.6 Å². The summed E-state index contributed by atoms with van der Waals surface area (Å²) >= 11 is 0. The fraction of sp³-hybridized carbons (Fsp3) is 0.951. The van der Waals surface area contributed by atoms with Crippen molar-refractivity contribution in [2.24, 2.45) is 68.9 Å². The summed E-state index contributed by atoms with van der Waals surface area (Å²) in [7, 11) is 0. The number of hydrogen-bond donors (Lipinski definition) is 8. The Bertz CT molecular complexity index is 1330. The molecule has 0 spiro atoms. The zero-order chi connectivity index (χ0) is 37.4. The van der Waals surface area contributed by atoms with Crippen molar-refractivity contribution < 1.29 is 40.2 Å². The maximum Gasteiger partial charge on any atom is 0.180 e. The summed E-state index contributed by atoms with van der Waals surface area (Å²) in [6.07, 6.45) is 6.24. The fourth-order valence-corrected chi connectivity index (χ4v) is 13.7. The van der Waals surface area contributed by atoms with Gasteiger partial charge in [0, 0.05) is 17.3 Å². The molecule has 11 nitrogen and oxygen atoms in total. The molecule has 0 aromatic carbocycles. The molecule has 7 aliphatic rings. The number of Topliss-reactive ketones (excluding diaryl/α,β-unsaturated/α-hetero) is 1. The second-order valence-corrected chi connectivity index (χ2v) is 19.4. The lowest BCUT2D eigenvalue weighted by atomic mass is 9.40. The van der Waals surface area contributed by atoms with E-state index in [1.54, 1.807) is 13.8 Å².